The molecule has 0 bridgehead atoms. The summed E-state index contributed by atoms with van der Waals surface area (Å²) in [4.78, 5) is 34.8. The van der Waals surface area contributed by atoms with Crippen LogP contribution in [0.1, 0.15) is 265 Å². The highest BCUT2D eigenvalue weighted by Gasteiger charge is 2.25. The van der Waals surface area contributed by atoms with Gasteiger partial charge in [-0.25, -0.2) is 4.57 Å². The number of phosphoric ester groups is 1. The smallest absolute Gasteiger partial charge is 0.462 e. The van der Waals surface area contributed by atoms with E-state index in [1.54, 1.807) is 6.92 Å². The van der Waals surface area contributed by atoms with E-state index in [9.17, 15) is 19.0 Å². The van der Waals surface area contributed by atoms with Crippen molar-refractivity contribution >= 4 is 19.8 Å². The molecule has 0 rings (SSSR count). The molecule has 0 heterocycles. The summed E-state index contributed by atoms with van der Waals surface area (Å²) >= 11 is 0. The van der Waals surface area contributed by atoms with Crippen LogP contribution in [-0.4, -0.2) is 42.8 Å². The van der Waals surface area contributed by atoms with Gasteiger partial charge >= 0.3 is 19.8 Å². The molecule has 0 saturated heterocycles. The summed E-state index contributed by atoms with van der Waals surface area (Å²) in [6.07, 6.45) is 45.9. The van der Waals surface area contributed by atoms with E-state index in [1.165, 1.54) is 193 Å². The Morgan fingerprint density at radius 3 is 1.00 bits per heavy atom. The van der Waals surface area contributed by atoms with Gasteiger partial charge in [-0.05, 0) is 19.8 Å². The van der Waals surface area contributed by atoms with E-state index in [-0.39, 0.29) is 32.2 Å². The molecule has 1 N–H and O–H groups in total. The first-order valence-corrected chi connectivity index (χ1v) is 25.8. The van der Waals surface area contributed by atoms with Gasteiger partial charge < -0.3 is 14.4 Å². The fourth-order valence-electron chi connectivity index (χ4n) is 7.34. The molecule has 0 aromatic rings. The summed E-state index contributed by atoms with van der Waals surface area (Å²) in [6, 6.07) is 0. The molecular weight excluding hydrogens is 723 g/mol. The second-order valence-corrected chi connectivity index (χ2v) is 18.0. The number of hydrogen-bond donors (Lipinski definition) is 1. The SMILES string of the molecule is CCCCCCCCCCCCCCCCCCCCCCC(=O)OC(COC(=O)CCCCCCCCCCCCCCCCCC)COP(=O)(O)OCC. The second kappa shape index (κ2) is 43.6. The standard InChI is InChI=1S/C47H93O8P/c1-4-7-9-11-13-15-17-19-21-23-24-25-26-28-30-32-34-36-38-40-42-47(49)55-45(44-54-56(50,51)53-6-3)43-52-46(48)41-39-37-35-33-31-29-27-22-20-18-16-14-12-10-8-5-2/h45H,4-44H2,1-3H3,(H,50,51). The van der Waals surface area contributed by atoms with E-state index in [4.69, 9.17) is 18.5 Å². The van der Waals surface area contributed by atoms with Crippen molar-refractivity contribution in [1.82, 2.24) is 0 Å². The Kier molecular flexibility index (Phi) is 42.9. The monoisotopic (exact) mass is 817 g/mol. The molecule has 0 spiro atoms. The predicted molar refractivity (Wildman–Crippen MR) is 235 cm³/mol. The summed E-state index contributed by atoms with van der Waals surface area (Å²) in [6.45, 7) is 5.54. The van der Waals surface area contributed by atoms with E-state index in [2.05, 4.69) is 13.8 Å². The molecule has 0 aliphatic rings. The van der Waals surface area contributed by atoms with Crippen LogP contribution in [0.2, 0.25) is 0 Å². The number of carbonyl (C=O) groups is 2. The van der Waals surface area contributed by atoms with E-state index in [1.807, 2.05) is 0 Å². The summed E-state index contributed by atoms with van der Waals surface area (Å²) in [5, 5.41) is 0. The Balaban J connectivity index is 3.95. The Labute approximate surface area is 347 Å². The third-order valence-corrected chi connectivity index (χ3v) is 12.0. The highest BCUT2D eigenvalue weighted by molar-refractivity contribution is 7.47. The Morgan fingerprint density at radius 2 is 0.696 bits per heavy atom. The van der Waals surface area contributed by atoms with Crippen LogP contribution in [0.4, 0.5) is 0 Å². The minimum absolute atomic E-state index is 0.00592. The molecule has 56 heavy (non-hydrogen) atoms. The summed E-state index contributed by atoms with van der Waals surface area (Å²) in [7, 11) is -4.27. The number of rotatable bonds is 46. The maximum atomic E-state index is 12.6. The van der Waals surface area contributed by atoms with Gasteiger partial charge in [0.15, 0.2) is 6.10 Å². The molecular formula is C47H93O8P. The van der Waals surface area contributed by atoms with Crippen LogP contribution in [0.3, 0.4) is 0 Å². The molecule has 0 saturated carbocycles. The largest absolute Gasteiger partial charge is 0.472 e. The summed E-state index contributed by atoms with van der Waals surface area (Å²) in [5.74, 6) is -0.776. The van der Waals surface area contributed by atoms with E-state index >= 15 is 0 Å². The lowest BCUT2D eigenvalue weighted by molar-refractivity contribution is -0.161. The van der Waals surface area contributed by atoms with Crippen molar-refractivity contribution in [2.45, 2.75) is 271 Å². The van der Waals surface area contributed by atoms with Gasteiger partial charge in [0.25, 0.3) is 0 Å². The van der Waals surface area contributed by atoms with Crippen LogP contribution < -0.4 is 0 Å². The van der Waals surface area contributed by atoms with Crippen molar-refractivity contribution < 1.29 is 37.6 Å². The van der Waals surface area contributed by atoms with Gasteiger partial charge in [0.1, 0.15) is 6.61 Å². The van der Waals surface area contributed by atoms with E-state index < -0.39 is 19.9 Å². The first-order chi connectivity index (χ1) is 27.3. The number of esters is 2. The lowest BCUT2D eigenvalue weighted by Gasteiger charge is -2.19. The number of ether oxygens (including phenoxy) is 2. The van der Waals surface area contributed by atoms with Crippen molar-refractivity contribution in [3.05, 3.63) is 0 Å². The first kappa shape index (κ1) is 55.0. The third kappa shape index (κ3) is 42.7. The molecule has 8 nitrogen and oxygen atoms in total. The van der Waals surface area contributed by atoms with Crippen LogP contribution in [0.15, 0.2) is 0 Å². The second-order valence-electron chi connectivity index (χ2n) is 16.5. The number of phosphoric acid groups is 1. The minimum Gasteiger partial charge on any atom is -0.462 e. The maximum Gasteiger partial charge on any atom is 0.472 e. The molecule has 0 aliphatic heterocycles. The molecule has 334 valence electrons. The highest BCUT2D eigenvalue weighted by atomic mass is 31.2. The Morgan fingerprint density at radius 1 is 0.411 bits per heavy atom. The van der Waals surface area contributed by atoms with Gasteiger partial charge in [0.05, 0.1) is 13.2 Å². The van der Waals surface area contributed by atoms with Crippen LogP contribution in [0.5, 0.6) is 0 Å². The molecule has 0 aromatic carbocycles. The zero-order valence-corrected chi connectivity index (χ0v) is 38.2. The van der Waals surface area contributed by atoms with Gasteiger partial charge in [-0.3, -0.25) is 18.6 Å². The highest BCUT2D eigenvalue weighted by Crippen LogP contribution is 2.43. The van der Waals surface area contributed by atoms with Crippen LogP contribution in [0, 0.1) is 0 Å². The van der Waals surface area contributed by atoms with Crippen molar-refractivity contribution in [3.63, 3.8) is 0 Å². The summed E-state index contributed by atoms with van der Waals surface area (Å²) in [5.41, 5.74) is 0. The number of carbonyl (C=O) groups excluding carboxylic acids is 2. The topological polar surface area (TPSA) is 108 Å². The van der Waals surface area contributed by atoms with E-state index in [0.29, 0.717) is 6.42 Å². The van der Waals surface area contributed by atoms with E-state index in [0.717, 1.165) is 38.5 Å². The van der Waals surface area contributed by atoms with Gasteiger partial charge in [-0.1, -0.05) is 232 Å². The molecule has 2 unspecified atom stereocenters. The Hall–Kier alpha value is -0.950. The van der Waals surface area contributed by atoms with Gasteiger partial charge in [0, 0.05) is 12.8 Å². The van der Waals surface area contributed by atoms with Crippen molar-refractivity contribution in [2.24, 2.45) is 0 Å². The van der Waals surface area contributed by atoms with Gasteiger partial charge in [0.2, 0.25) is 0 Å². The number of unbranched alkanes of at least 4 members (excludes halogenated alkanes) is 34. The first-order valence-electron chi connectivity index (χ1n) is 24.3. The maximum absolute atomic E-state index is 12.6. The molecule has 0 amide bonds. The molecule has 0 fully saturated rings. The van der Waals surface area contributed by atoms with Crippen LogP contribution in [-0.2, 0) is 32.7 Å². The lowest BCUT2D eigenvalue weighted by atomic mass is 10.0. The number of hydrogen-bond acceptors (Lipinski definition) is 7. The molecule has 9 heteroatoms. The average molecular weight is 817 g/mol. The summed E-state index contributed by atoms with van der Waals surface area (Å²) < 4.78 is 32.8. The molecule has 0 radical (unpaired) electrons. The molecule has 0 aromatic heterocycles. The Bertz CT molecular complexity index is 884. The van der Waals surface area contributed by atoms with Crippen molar-refractivity contribution in [1.29, 1.82) is 0 Å². The fourth-order valence-corrected chi connectivity index (χ4v) is 8.09. The zero-order chi connectivity index (χ0) is 41.1. The van der Waals surface area contributed by atoms with Gasteiger partial charge in [-0.15, -0.1) is 0 Å². The fraction of sp³-hybridized carbons (Fsp3) is 0.957. The average Bonchev–Trinajstić information content (AvgIpc) is 3.18. The molecule has 2 atom stereocenters. The third-order valence-electron chi connectivity index (χ3n) is 10.9. The quantitative estimate of drug-likeness (QED) is 0.0368. The minimum atomic E-state index is -4.27. The molecule has 0 aliphatic carbocycles. The van der Waals surface area contributed by atoms with Crippen molar-refractivity contribution in [2.75, 3.05) is 19.8 Å². The van der Waals surface area contributed by atoms with Gasteiger partial charge in [-0.2, -0.15) is 0 Å². The normalized spacial score (nSPS) is 13.1. The lowest BCUT2D eigenvalue weighted by Crippen LogP contribution is -2.29. The van der Waals surface area contributed by atoms with Crippen LogP contribution in [0.25, 0.3) is 0 Å². The zero-order valence-electron chi connectivity index (χ0n) is 37.3. The van der Waals surface area contributed by atoms with Crippen LogP contribution >= 0.6 is 7.82 Å². The van der Waals surface area contributed by atoms with Crippen molar-refractivity contribution in [3.8, 4) is 0 Å². The predicted octanol–water partition coefficient (Wildman–Crippen LogP) is 15.5.